The number of carbonyl (C=O) groups is 1. The van der Waals surface area contributed by atoms with Crippen molar-refractivity contribution in [2.45, 2.75) is 0 Å². The number of para-hydroxylation sites is 1. The predicted octanol–water partition coefficient (Wildman–Crippen LogP) is 3.67. The highest BCUT2D eigenvalue weighted by atomic mass is 79.9. The third-order valence-electron chi connectivity index (χ3n) is 3.27. The van der Waals surface area contributed by atoms with E-state index in [2.05, 4.69) is 15.9 Å². The molecule has 0 amide bonds. The summed E-state index contributed by atoms with van der Waals surface area (Å²) in [4.78, 5) is 11.7. The van der Waals surface area contributed by atoms with Gasteiger partial charge in [-0.25, -0.2) is 4.79 Å². The van der Waals surface area contributed by atoms with Crippen LogP contribution in [0.5, 0.6) is 11.5 Å². The summed E-state index contributed by atoms with van der Waals surface area (Å²) in [6.45, 7) is 0. The highest BCUT2D eigenvalue weighted by Gasteiger charge is 2.17. The van der Waals surface area contributed by atoms with Gasteiger partial charge in [0.25, 0.3) is 0 Å². The Hall–Kier alpha value is -2.47. The van der Waals surface area contributed by atoms with E-state index >= 15 is 0 Å². The first-order valence-corrected chi connectivity index (χ1v) is 7.48. The van der Waals surface area contributed by atoms with Gasteiger partial charge in [-0.05, 0) is 51.3 Å². The molecule has 0 unspecified atom stereocenters. The predicted molar refractivity (Wildman–Crippen MR) is 93.6 cm³/mol. The van der Waals surface area contributed by atoms with E-state index in [1.54, 1.807) is 36.4 Å². The molecular weight excluding hydrogens is 362 g/mol. The maximum absolute atomic E-state index is 11.7. The molecule has 0 heterocycles. The lowest BCUT2D eigenvalue weighted by molar-refractivity contribution is -0.130. The summed E-state index contributed by atoms with van der Waals surface area (Å²) < 4.78 is 11.1. The van der Waals surface area contributed by atoms with Crippen LogP contribution < -0.4 is 15.2 Å². The quantitative estimate of drug-likeness (QED) is 0.471. The van der Waals surface area contributed by atoms with Crippen molar-refractivity contribution in [1.82, 2.24) is 0 Å². The Morgan fingerprint density at radius 1 is 1.22 bits per heavy atom. The summed E-state index contributed by atoms with van der Waals surface area (Å²) in [6.07, 6.45) is 1.53. The summed E-state index contributed by atoms with van der Waals surface area (Å²) in [5.41, 5.74) is 7.61. The number of benzene rings is 2. The Balaban J connectivity index is 2.62. The number of nitrogen functional groups attached to an aromatic ring is 1. The molecule has 6 heteroatoms. The fraction of sp³-hybridized carbons (Fsp3) is 0.118. The molecule has 0 aliphatic rings. The Morgan fingerprint density at radius 3 is 2.48 bits per heavy atom. The van der Waals surface area contributed by atoms with Crippen LogP contribution in [0.4, 0.5) is 5.69 Å². The van der Waals surface area contributed by atoms with E-state index in [0.717, 1.165) is 0 Å². The van der Waals surface area contributed by atoms with Gasteiger partial charge in [-0.15, -0.1) is 0 Å². The number of nitrogens with two attached hydrogens (primary N) is 1. The summed E-state index contributed by atoms with van der Waals surface area (Å²) in [6, 6.07) is 10.3. The molecular formula is C17H16BrNO4. The minimum absolute atomic E-state index is 0.101. The largest absolute Gasteiger partial charge is 0.493 e. The van der Waals surface area contributed by atoms with Crippen molar-refractivity contribution in [3.63, 3.8) is 0 Å². The standard InChI is InChI=1S/C17H16BrNO4/c1-22-15-9-11(8-13(18)16(15)23-2)12(17(20)21)7-10-5-3-4-6-14(10)19/h3-9H,19H2,1-2H3,(H,20,21)/b12-7-. The molecule has 0 saturated heterocycles. The molecule has 0 bridgehead atoms. The molecule has 3 N–H and O–H groups in total. The normalized spacial score (nSPS) is 11.2. The van der Waals surface area contributed by atoms with Gasteiger partial charge >= 0.3 is 5.97 Å². The zero-order valence-electron chi connectivity index (χ0n) is 12.7. The molecule has 2 rings (SSSR count). The van der Waals surface area contributed by atoms with Gasteiger partial charge in [-0.2, -0.15) is 0 Å². The van der Waals surface area contributed by atoms with E-state index in [-0.39, 0.29) is 5.57 Å². The van der Waals surface area contributed by atoms with Crippen LogP contribution in [0.3, 0.4) is 0 Å². The topological polar surface area (TPSA) is 81.8 Å². The summed E-state index contributed by atoms with van der Waals surface area (Å²) in [5, 5.41) is 9.56. The van der Waals surface area contributed by atoms with Gasteiger partial charge in [0.15, 0.2) is 11.5 Å². The highest BCUT2D eigenvalue weighted by Crippen LogP contribution is 2.38. The first-order valence-electron chi connectivity index (χ1n) is 6.69. The minimum Gasteiger partial charge on any atom is -0.493 e. The number of ether oxygens (including phenoxy) is 2. The van der Waals surface area contributed by atoms with E-state index < -0.39 is 5.97 Å². The fourth-order valence-electron chi connectivity index (χ4n) is 2.14. The van der Waals surface area contributed by atoms with Crippen molar-refractivity contribution in [3.05, 3.63) is 52.0 Å². The second kappa shape index (κ2) is 7.19. The van der Waals surface area contributed by atoms with E-state index in [9.17, 15) is 9.90 Å². The molecule has 5 nitrogen and oxygen atoms in total. The summed E-state index contributed by atoms with van der Waals surface area (Å²) in [7, 11) is 3.01. The van der Waals surface area contributed by atoms with Crippen LogP contribution in [-0.4, -0.2) is 25.3 Å². The lowest BCUT2D eigenvalue weighted by atomic mass is 10.0. The number of hydrogen-bond acceptors (Lipinski definition) is 4. The molecule has 2 aromatic carbocycles. The SMILES string of the molecule is COc1cc(/C(=C/c2ccccc2N)C(=O)O)cc(Br)c1OC. The molecule has 120 valence electrons. The zero-order valence-corrected chi connectivity index (χ0v) is 14.3. The molecule has 0 fully saturated rings. The number of halogens is 1. The second-order valence-corrected chi connectivity index (χ2v) is 5.54. The molecule has 0 aromatic heterocycles. The van der Waals surface area contributed by atoms with Gasteiger partial charge in [-0.1, -0.05) is 18.2 Å². The zero-order chi connectivity index (χ0) is 17.0. The van der Waals surface area contributed by atoms with Gasteiger partial charge in [0, 0.05) is 5.69 Å². The van der Waals surface area contributed by atoms with Crippen LogP contribution in [-0.2, 0) is 4.79 Å². The van der Waals surface area contributed by atoms with E-state index in [4.69, 9.17) is 15.2 Å². The fourth-order valence-corrected chi connectivity index (χ4v) is 2.74. The Morgan fingerprint density at radius 2 is 1.91 bits per heavy atom. The number of hydrogen-bond donors (Lipinski definition) is 2. The lowest BCUT2D eigenvalue weighted by Crippen LogP contribution is -2.02. The van der Waals surface area contributed by atoms with E-state index in [1.165, 1.54) is 20.3 Å². The average Bonchev–Trinajstić information content (AvgIpc) is 2.52. The average molecular weight is 378 g/mol. The maximum Gasteiger partial charge on any atom is 0.336 e. The highest BCUT2D eigenvalue weighted by molar-refractivity contribution is 9.10. The van der Waals surface area contributed by atoms with E-state index in [0.29, 0.717) is 32.8 Å². The van der Waals surface area contributed by atoms with Crippen molar-refractivity contribution in [1.29, 1.82) is 0 Å². The second-order valence-electron chi connectivity index (χ2n) is 4.69. The molecule has 0 aliphatic heterocycles. The third-order valence-corrected chi connectivity index (χ3v) is 3.86. The smallest absolute Gasteiger partial charge is 0.336 e. The molecule has 0 saturated carbocycles. The number of methoxy groups -OCH3 is 2. The maximum atomic E-state index is 11.7. The van der Waals surface area contributed by atoms with Crippen molar-refractivity contribution >= 4 is 39.2 Å². The Kier molecular flexibility index (Phi) is 5.28. The molecule has 0 spiro atoms. The molecule has 23 heavy (non-hydrogen) atoms. The van der Waals surface area contributed by atoms with Crippen LogP contribution in [0.15, 0.2) is 40.9 Å². The molecule has 0 radical (unpaired) electrons. The number of aliphatic carboxylic acids is 1. The monoisotopic (exact) mass is 377 g/mol. The van der Waals surface area contributed by atoms with Crippen LogP contribution in [0.25, 0.3) is 11.6 Å². The van der Waals surface area contributed by atoms with Crippen molar-refractivity contribution in [3.8, 4) is 11.5 Å². The number of anilines is 1. The first-order chi connectivity index (χ1) is 11.0. The third kappa shape index (κ3) is 3.65. The minimum atomic E-state index is -1.06. The summed E-state index contributed by atoms with van der Waals surface area (Å²) in [5.74, 6) is -0.127. The van der Waals surface area contributed by atoms with Gasteiger partial charge in [0.05, 0.1) is 24.3 Å². The van der Waals surface area contributed by atoms with Crippen molar-refractivity contribution < 1.29 is 19.4 Å². The molecule has 2 aromatic rings. The van der Waals surface area contributed by atoms with Crippen LogP contribution in [0.2, 0.25) is 0 Å². The van der Waals surface area contributed by atoms with E-state index in [1.807, 2.05) is 0 Å². The lowest BCUT2D eigenvalue weighted by Gasteiger charge is -2.12. The van der Waals surface area contributed by atoms with Gasteiger partial charge in [0.2, 0.25) is 0 Å². The van der Waals surface area contributed by atoms with Crippen molar-refractivity contribution in [2.75, 3.05) is 20.0 Å². The van der Waals surface area contributed by atoms with Gasteiger partial charge in [0.1, 0.15) is 0 Å². The van der Waals surface area contributed by atoms with Gasteiger partial charge in [-0.3, -0.25) is 0 Å². The Labute approximate surface area is 142 Å². The molecule has 0 atom stereocenters. The first kappa shape index (κ1) is 16.9. The number of carboxylic acid groups (broad SMARTS) is 1. The van der Waals surface area contributed by atoms with Crippen LogP contribution in [0.1, 0.15) is 11.1 Å². The number of rotatable bonds is 5. The van der Waals surface area contributed by atoms with Gasteiger partial charge < -0.3 is 20.3 Å². The number of carboxylic acids is 1. The van der Waals surface area contributed by atoms with Crippen LogP contribution >= 0.6 is 15.9 Å². The van der Waals surface area contributed by atoms with Crippen LogP contribution in [0, 0.1) is 0 Å². The van der Waals surface area contributed by atoms with Crippen molar-refractivity contribution in [2.24, 2.45) is 0 Å². The Bertz CT molecular complexity index is 771. The molecule has 0 aliphatic carbocycles. The summed E-state index contributed by atoms with van der Waals surface area (Å²) >= 11 is 3.37.